The number of ether oxygens (including phenoxy) is 1. The summed E-state index contributed by atoms with van der Waals surface area (Å²) in [5, 5.41) is 0.920. The molecule has 2 aromatic rings. The monoisotopic (exact) mass is 394 g/mol. The van der Waals surface area contributed by atoms with Crippen molar-refractivity contribution in [3.63, 3.8) is 0 Å². The summed E-state index contributed by atoms with van der Waals surface area (Å²) in [5.74, 6) is 0.146. The molecule has 0 aliphatic carbocycles. The maximum absolute atomic E-state index is 12.0. The minimum atomic E-state index is -0.385. The van der Waals surface area contributed by atoms with Gasteiger partial charge in [-0.05, 0) is 42.0 Å². The van der Waals surface area contributed by atoms with E-state index in [0.717, 1.165) is 15.6 Å². The molecule has 2 aromatic carbocycles. The van der Waals surface area contributed by atoms with Crippen LogP contribution in [-0.4, -0.2) is 5.97 Å². The summed E-state index contributed by atoms with van der Waals surface area (Å²) in [6.45, 7) is 0. The molecule has 0 saturated heterocycles. The third-order valence-electron chi connectivity index (χ3n) is 3.12. The van der Waals surface area contributed by atoms with E-state index >= 15 is 0 Å². The molecule has 110 valence electrons. The van der Waals surface area contributed by atoms with Crippen LogP contribution in [0, 0.1) is 0 Å². The molecule has 0 aromatic heterocycles. The molecule has 0 saturated carbocycles. The number of benzene rings is 2. The van der Waals surface area contributed by atoms with Gasteiger partial charge in [-0.25, -0.2) is 4.79 Å². The van der Waals surface area contributed by atoms with E-state index in [-0.39, 0.29) is 5.97 Å². The van der Waals surface area contributed by atoms with E-state index in [1.54, 1.807) is 30.4 Å². The highest BCUT2D eigenvalue weighted by Gasteiger charge is 2.21. The van der Waals surface area contributed by atoms with E-state index in [1.165, 1.54) is 0 Å². The van der Waals surface area contributed by atoms with E-state index in [9.17, 15) is 4.79 Å². The highest BCUT2D eigenvalue weighted by molar-refractivity contribution is 9.10. The molecule has 1 aliphatic rings. The van der Waals surface area contributed by atoms with Crippen molar-refractivity contribution in [3.05, 3.63) is 79.8 Å². The van der Waals surface area contributed by atoms with Crippen molar-refractivity contribution in [2.75, 3.05) is 0 Å². The standard InChI is InChI=1S/C17H9BrCl2O2/c18-13-4-2-11(3-5-13)16-9-12(17(21)22-16)7-10-1-6-14(19)15(20)8-10/h1-9H/b12-7+. The lowest BCUT2D eigenvalue weighted by Crippen LogP contribution is -1.97. The molecular formula is C17H9BrCl2O2. The quantitative estimate of drug-likeness (QED) is 0.478. The zero-order valence-corrected chi connectivity index (χ0v) is 14.2. The number of carbonyl (C=O) groups excluding carboxylic acids is 1. The van der Waals surface area contributed by atoms with Gasteiger partial charge in [-0.15, -0.1) is 0 Å². The highest BCUT2D eigenvalue weighted by atomic mass is 79.9. The van der Waals surface area contributed by atoms with Crippen LogP contribution in [0.2, 0.25) is 10.0 Å². The minimum Gasteiger partial charge on any atom is -0.422 e. The molecule has 1 aliphatic heterocycles. The summed E-state index contributed by atoms with van der Waals surface area (Å²) in [7, 11) is 0. The smallest absolute Gasteiger partial charge is 0.343 e. The number of halogens is 3. The molecule has 22 heavy (non-hydrogen) atoms. The lowest BCUT2D eigenvalue weighted by Gasteiger charge is -2.01. The Morgan fingerprint density at radius 1 is 1.00 bits per heavy atom. The largest absolute Gasteiger partial charge is 0.422 e. The van der Waals surface area contributed by atoms with Gasteiger partial charge in [0.2, 0.25) is 0 Å². The van der Waals surface area contributed by atoms with Crippen LogP contribution in [0.1, 0.15) is 11.1 Å². The van der Waals surface area contributed by atoms with Crippen molar-refractivity contribution in [2.24, 2.45) is 0 Å². The van der Waals surface area contributed by atoms with Gasteiger partial charge in [0.1, 0.15) is 5.76 Å². The van der Waals surface area contributed by atoms with Crippen molar-refractivity contribution in [1.29, 1.82) is 0 Å². The summed E-state index contributed by atoms with van der Waals surface area (Å²) in [6.07, 6.45) is 3.44. The summed E-state index contributed by atoms with van der Waals surface area (Å²) >= 11 is 15.2. The Balaban J connectivity index is 1.93. The lowest BCUT2D eigenvalue weighted by molar-refractivity contribution is -0.130. The van der Waals surface area contributed by atoms with Gasteiger partial charge in [0.25, 0.3) is 0 Å². The first-order valence-electron chi connectivity index (χ1n) is 6.39. The van der Waals surface area contributed by atoms with E-state index in [4.69, 9.17) is 27.9 Å². The first kappa shape index (κ1) is 15.3. The zero-order chi connectivity index (χ0) is 15.7. The molecule has 3 rings (SSSR count). The maximum Gasteiger partial charge on any atom is 0.343 e. The summed E-state index contributed by atoms with van der Waals surface area (Å²) in [6, 6.07) is 12.7. The molecule has 0 atom stereocenters. The highest BCUT2D eigenvalue weighted by Crippen LogP contribution is 2.29. The Bertz CT molecular complexity index is 808. The third-order valence-corrected chi connectivity index (χ3v) is 4.39. The van der Waals surface area contributed by atoms with Gasteiger partial charge in [0.15, 0.2) is 0 Å². The fourth-order valence-corrected chi connectivity index (χ4v) is 2.60. The van der Waals surface area contributed by atoms with Gasteiger partial charge in [-0.2, -0.15) is 0 Å². The molecule has 0 amide bonds. The predicted octanol–water partition coefficient (Wildman–Crippen LogP) is 5.74. The van der Waals surface area contributed by atoms with Crippen LogP contribution in [-0.2, 0) is 9.53 Å². The Labute approximate surface area is 146 Å². The summed E-state index contributed by atoms with van der Waals surface area (Å²) in [5.41, 5.74) is 2.10. The lowest BCUT2D eigenvalue weighted by atomic mass is 10.1. The number of esters is 1. The van der Waals surface area contributed by atoms with E-state index in [2.05, 4.69) is 15.9 Å². The average molecular weight is 396 g/mol. The van der Waals surface area contributed by atoms with Gasteiger partial charge in [-0.1, -0.05) is 57.3 Å². The minimum absolute atomic E-state index is 0.385. The Kier molecular flexibility index (Phi) is 4.39. The van der Waals surface area contributed by atoms with Gasteiger partial charge in [-0.3, -0.25) is 0 Å². The van der Waals surface area contributed by atoms with Crippen molar-refractivity contribution < 1.29 is 9.53 Å². The molecule has 5 heteroatoms. The van der Waals surface area contributed by atoms with E-state index < -0.39 is 0 Å². The second-order valence-corrected chi connectivity index (χ2v) is 6.41. The summed E-state index contributed by atoms with van der Waals surface area (Å²) < 4.78 is 6.27. The molecular weight excluding hydrogens is 387 g/mol. The fraction of sp³-hybridized carbons (Fsp3) is 0. The topological polar surface area (TPSA) is 26.3 Å². The SMILES string of the molecule is O=C1OC(c2ccc(Br)cc2)=C/C1=C\c1ccc(Cl)c(Cl)c1. The molecule has 2 nitrogen and oxygen atoms in total. The number of hydrogen-bond acceptors (Lipinski definition) is 2. The van der Waals surface area contributed by atoms with Gasteiger partial charge in [0, 0.05) is 10.0 Å². The first-order chi connectivity index (χ1) is 10.5. The van der Waals surface area contributed by atoms with E-state index in [0.29, 0.717) is 21.4 Å². The van der Waals surface area contributed by atoms with Crippen LogP contribution in [0.25, 0.3) is 11.8 Å². The number of carbonyl (C=O) groups is 1. The second-order valence-electron chi connectivity index (χ2n) is 4.68. The predicted molar refractivity (Wildman–Crippen MR) is 92.7 cm³/mol. The number of rotatable bonds is 2. The molecule has 0 unspecified atom stereocenters. The van der Waals surface area contributed by atoms with Crippen LogP contribution in [0.15, 0.2) is 58.6 Å². The Hall–Kier alpha value is -1.55. The molecule has 1 heterocycles. The van der Waals surface area contributed by atoms with Crippen LogP contribution in [0.4, 0.5) is 0 Å². The van der Waals surface area contributed by atoms with Crippen molar-refractivity contribution in [1.82, 2.24) is 0 Å². The molecule has 0 N–H and O–H groups in total. The molecule has 0 bridgehead atoms. The number of cyclic esters (lactones) is 1. The normalized spacial score (nSPS) is 15.9. The van der Waals surface area contributed by atoms with Crippen molar-refractivity contribution >= 4 is 56.9 Å². The molecule has 0 radical (unpaired) electrons. The van der Waals surface area contributed by atoms with Crippen LogP contribution < -0.4 is 0 Å². The zero-order valence-electron chi connectivity index (χ0n) is 11.1. The van der Waals surface area contributed by atoms with Crippen LogP contribution in [0.5, 0.6) is 0 Å². The second kappa shape index (κ2) is 6.29. The first-order valence-corrected chi connectivity index (χ1v) is 7.94. The molecule has 0 spiro atoms. The van der Waals surface area contributed by atoms with Crippen LogP contribution in [0.3, 0.4) is 0 Å². The Morgan fingerprint density at radius 2 is 1.73 bits per heavy atom. The van der Waals surface area contributed by atoms with Crippen LogP contribution >= 0.6 is 39.1 Å². The maximum atomic E-state index is 12.0. The average Bonchev–Trinajstić information content (AvgIpc) is 2.85. The van der Waals surface area contributed by atoms with Crippen molar-refractivity contribution in [3.8, 4) is 0 Å². The van der Waals surface area contributed by atoms with Gasteiger partial charge >= 0.3 is 5.97 Å². The van der Waals surface area contributed by atoms with Crippen molar-refractivity contribution in [2.45, 2.75) is 0 Å². The summed E-state index contributed by atoms with van der Waals surface area (Å²) in [4.78, 5) is 12.0. The third kappa shape index (κ3) is 3.27. The number of hydrogen-bond donors (Lipinski definition) is 0. The van der Waals surface area contributed by atoms with Gasteiger partial charge < -0.3 is 4.74 Å². The molecule has 0 fully saturated rings. The Morgan fingerprint density at radius 3 is 2.41 bits per heavy atom. The fourth-order valence-electron chi connectivity index (χ4n) is 2.03. The van der Waals surface area contributed by atoms with Gasteiger partial charge in [0.05, 0.1) is 15.6 Å². The van der Waals surface area contributed by atoms with E-state index in [1.807, 2.05) is 24.3 Å².